The van der Waals surface area contributed by atoms with Gasteiger partial charge >= 0.3 is 6.03 Å². The molecule has 3 N–H and O–H groups in total. The van der Waals surface area contributed by atoms with Crippen LogP contribution in [0.5, 0.6) is 0 Å². The molecule has 0 radical (unpaired) electrons. The van der Waals surface area contributed by atoms with E-state index in [0.717, 1.165) is 0 Å². The van der Waals surface area contributed by atoms with Crippen molar-refractivity contribution >= 4 is 23.9 Å². The summed E-state index contributed by atoms with van der Waals surface area (Å²) in [5.41, 5.74) is 6.00. The molecule has 56 valence electrons. The Morgan fingerprint density at radius 2 is 2.45 bits per heavy atom. The number of carbonyl (C=O) groups is 1. The van der Waals surface area contributed by atoms with Crippen LogP contribution in [0.3, 0.4) is 0 Å². The van der Waals surface area contributed by atoms with Crippen LogP contribution < -0.4 is 11.1 Å². The third-order valence-corrected chi connectivity index (χ3v) is 1.39. The number of hydrogen-bond donors (Lipinski definition) is 2. The highest BCUT2D eigenvalue weighted by Gasteiger charge is 2.26. The van der Waals surface area contributed by atoms with Crippen molar-refractivity contribution in [1.29, 1.82) is 0 Å². The molecule has 1 unspecified atom stereocenters. The zero-order valence-corrected chi connectivity index (χ0v) is 5.48. The number of carbonyl (C=O) groups excluding carboxylic acids is 1. The lowest BCUT2D eigenvalue weighted by atomic mass is 10.2. The number of nitrogens with two attached hydrogens (primary N) is 1. The fourth-order valence-corrected chi connectivity index (χ4v) is 0.905. The highest BCUT2D eigenvalue weighted by atomic mass is 16.2. The molecular formula is C5H5N5O. The molecule has 0 saturated heterocycles. The van der Waals surface area contributed by atoms with Gasteiger partial charge in [0.2, 0.25) is 0 Å². The van der Waals surface area contributed by atoms with E-state index < -0.39 is 12.2 Å². The minimum Gasteiger partial charge on any atom is -0.315 e. The summed E-state index contributed by atoms with van der Waals surface area (Å²) in [4.78, 5) is 21.8. The standard InChI is InChI=1S/C5H5N5O/c6-3-2-4(8-1-7-2)10-5(11)9-3/h1,3H,6H2,(H,9,11). The third-order valence-electron chi connectivity index (χ3n) is 1.39. The molecule has 2 rings (SSSR count). The van der Waals surface area contributed by atoms with Gasteiger partial charge in [-0.05, 0) is 0 Å². The summed E-state index contributed by atoms with van der Waals surface area (Å²) in [5, 5.41) is 2.39. The Hall–Kier alpha value is -1.56. The fourth-order valence-electron chi connectivity index (χ4n) is 0.905. The normalized spacial score (nSPS) is 27.4. The number of fused-ring (bicyclic) bond motifs is 1. The average molecular weight is 151 g/mol. The Labute approximate surface area is 61.9 Å². The van der Waals surface area contributed by atoms with Crippen molar-refractivity contribution in [3.8, 4) is 0 Å². The first-order valence-electron chi connectivity index (χ1n) is 3.03. The molecule has 0 saturated carbocycles. The van der Waals surface area contributed by atoms with Gasteiger partial charge < -0.3 is 11.1 Å². The molecule has 0 fully saturated rings. The SMILES string of the molecule is NC1NC(=O)N=C2N=CN=C21. The largest absolute Gasteiger partial charge is 0.344 e. The Morgan fingerprint density at radius 1 is 1.64 bits per heavy atom. The highest BCUT2D eigenvalue weighted by molar-refractivity contribution is 6.50. The minimum atomic E-state index is -0.572. The molecule has 2 aliphatic heterocycles. The molecule has 6 nitrogen and oxygen atoms in total. The lowest BCUT2D eigenvalue weighted by Crippen LogP contribution is -2.51. The maximum Gasteiger partial charge on any atom is 0.344 e. The number of rotatable bonds is 0. The first-order chi connectivity index (χ1) is 5.27. The quantitative estimate of drug-likeness (QED) is 0.458. The van der Waals surface area contributed by atoms with Crippen molar-refractivity contribution in [3.63, 3.8) is 0 Å². The van der Waals surface area contributed by atoms with E-state index in [2.05, 4.69) is 20.3 Å². The molecule has 2 amide bonds. The van der Waals surface area contributed by atoms with Crippen molar-refractivity contribution in [2.24, 2.45) is 20.7 Å². The van der Waals surface area contributed by atoms with E-state index in [1.807, 2.05) is 0 Å². The molecule has 0 aromatic heterocycles. The summed E-state index contributed by atoms with van der Waals surface area (Å²) in [6, 6.07) is -0.467. The second-order valence-electron chi connectivity index (χ2n) is 2.12. The lowest BCUT2D eigenvalue weighted by molar-refractivity contribution is 0.247. The Balaban J connectivity index is 2.45. The van der Waals surface area contributed by atoms with Gasteiger partial charge in [0.05, 0.1) is 0 Å². The van der Waals surface area contributed by atoms with Crippen LogP contribution in [0, 0.1) is 0 Å². The van der Waals surface area contributed by atoms with Crippen molar-refractivity contribution in [3.05, 3.63) is 0 Å². The minimum absolute atomic E-state index is 0.321. The van der Waals surface area contributed by atoms with Crippen LogP contribution in [0.2, 0.25) is 0 Å². The van der Waals surface area contributed by atoms with Gasteiger partial charge in [-0.3, -0.25) is 0 Å². The van der Waals surface area contributed by atoms with E-state index in [4.69, 9.17) is 5.73 Å². The molecule has 6 heteroatoms. The van der Waals surface area contributed by atoms with E-state index in [0.29, 0.717) is 11.5 Å². The number of urea groups is 1. The molecule has 2 aliphatic rings. The summed E-state index contributed by atoms with van der Waals surface area (Å²) in [7, 11) is 0. The van der Waals surface area contributed by atoms with E-state index in [-0.39, 0.29) is 0 Å². The van der Waals surface area contributed by atoms with Gasteiger partial charge in [-0.2, -0.15) is 4.99 Å². The number of amides is 2. The third kappa shape index (κ3) is 0.838. The van der Waals surface area contributed by atoms with Gasteiger partial charge in [0.25, 0.3) is 0 Å². The summed E-state index contributed by atoms with van der Waals surface area (Å²) in [6.07, 6.45) is 0.756. The van der Waals surface area contributed by atoms with Crippen molar-refractivity contribution in [2.45, 2.75) is 6.17 Å². The van der Waals surface area contributed by atoms with Crippen molar-refractivity contribution < 1.29 is 4.79 Å². The zero-order valence-electron chi connectivity index (χ0n) is 5.48. The van der Waals surface area contributed by atoms with Gasteiger partial charge in [0.1, 0.15) is 18.2 Å². The zero-order chi connectivity index (χ0) is 7.84. The maximum atomic E-state index is 10.7. The summed E-state index contributed by atoms with van der Waals surface area (Å²) >= 11 is 0. The molecule has 0 bridgehead atoms. The maximum absolute atomic E-state index is 10.7. The first kappa shape index (κ1) is 6.17. The Bertz CT molecular complexity index is 302. The molecular weight excluding hydrogens is 146 g/mol. The van der Waals surface area contributed by atoms with Crippen LogP contribution >= 0.6 is 0 Å². The van der Waals surface area contributed by atoms with Gasteiger partial charge in [0.15, 0.2) is 5.84 Å². The number of nitrogens with zero attached hydrogens (tertiary/aromatic N) is 3. The van der Waals surface area contributed by atoms with Gasteiger partial charge in [-0.15, -0.1) is 0 Å². The van der Waals surface area contributed by atoms with E-state index in [1.165, 1.54) is 6.34 Å². The number of hydrogen-bond acceptors (Lipinski definition) is 4. The lowest BCUT2D eigenvalue weighted by Gasteiger charge is -2.15. The first-order valence-corrected chi connectivity index (χ1v) is 3.03. The number of aliphatic imine (C=N–C) groups is 3. The van der Waals surface area contributed by atoms with Crippen LogP contribution in [0.1, 0.15) is 0 Å². The number of amidine groups is 1. The average Bonchev–Trinajstić information content (AvgIpc) is 2.34. The summed E-state index contributed by atoms with van der Waals surface area (Å²) in [5.74, 6) is 0.321. The van der Waals surface area contributed by atoms with Crippen LogP contribution in [0.4, 0.5) is 4.79 Å². The van der Waals surface area contributed by atoms with Crippen LogP contribution in [-0.4, -0.2) is 30.1 Å². The summed E-state index contributed by atoms with van der Waals surface area (Å²) in [6.45, 7) is 0. The molecule has 0 aliphatic carbocycles. The second kappa shape index (κ2) is 1.96. The van der Waals surface area contributed by atoms with Gasteiger partial charge in [-0.25, -0.2) is 14.8 Å². The monoisotopic (exact) mass is 151 g/mol. The molecule has 11 heavy (non-hydrogen) atoms. The number of nitrogens with one attached hydrogen (secondary N) is 1. The highest BCUT2D eigenvalue weighted by Crippen LogP contribution is 2.02. The van der Waals surface area contributed by atoms with E-state index in [9.17, 15) is 4.79 Å². The van der Waals surface area contributed by atoms with Gasteiger partial charge in [-0.1, -0.05) is 0 Å². The smallest absolute Gasteiger partial charge is 0.315 e. The molecule has 0 spiro atoms. The topological polar surface area (TPSA) is 92.2 Å². The van der Waals surface area contributed by atoms with E-state index >= 15 is 0 Å². The van der Waals surface area contributed by atoms with Crippen LogP contribution in [0.15, 0.2) is 15.0 Å². The molecule has 0 aromatic rings. The molecule has 2 heterocycles. The van der Waals surface area contributed by atoms with Crippen LogP contribution in [-0.2, 0) is 0 Å². The van der Waals surface area contributed by atoms with Gasteiger partial charge in [0, 0.05) is 0 Å². The summed E-state index contributed by atoms with van der Waals surface area (Å²) < 4.78 is 0. The Morgan fingerprint density at radius 3 is 3.27 bits per heavy atom. The predicted octanol–water partition coefficient (Wildman–Crippen LogP) is -1.12. The predicted molar refractivity (Wildman–Crippen MR) is 39.9 cm³/mol. The Kier molecular flexibility index (Phi) is 1.10. The molecule has 1 atom stereocenters. The second-order valence-corrected chi connectivity index (χ2v) is 2.12. The van der Waals surface area contributed by atoms with Crippen molar-refractivity contribution in [1.82, 2.24) is 5.32 Å². The van der Waals surface area contributed by atoms with E-state index in [1.54, 1.807) is 0 Å². The van der Waals surface area contributed by atoms with Crippen molar-refractivity contribution in [2.75, 3.05) is 0 Å². The fraction of sp³-hybridized carbons (Fsp3) is 0.200. The molecule has 0 aromatic carbocycles. The van der Waals surface area contributed by atoms with Crippen LogP contribution in [0.25, 0.3) is 0 Å².